The molecule has 104 valence electrons. The van der Waals surface area contributed by atoms with Gasteiger partial charge < -0.3 is 9.63 Å². The van der Waals surface area contributed by atoms with E-state index in [1.54, 1.807) is 19.9 Å². The monoisotopic (exact) mass is 275 g/mol. The highest BCUT2D eigenvalue weighted by Crippen LogP contribution is 2.39. The first kappa shape index (κ1) is 13.0. The molecular weight excluding hydrogens is 261 g/mol. The van der Waals surface area contributed by atoms with E-state index in [9.17, 15) is 14.3 Å². The highest BCUT2D eigenvalue weighted by Gasteiger charge is 2.44. The van der Waals surface area contributed by atoms with Crippen molar-refractivity contribution >= 4 is 5.78 Å². The van der Waals surface area contributed by atoms with Gasteiger partial charge in [-0.15, -0.1) is 0 Å². The number of hydrogen-bond acceptors (Lipinski definition) is 4. The molecule has 0 aliphatic heterocycles. The maximum atomic E-state index is 13.3. The summed E-state index contributed by atoms with van der Waals surface area (Å²) in [5.41, 5.74) is 0.645. The highest BCUT2D eigenvalue weighted by molar-refractivity contribution is 6.06. The van der Waals surface area contributed by atoms with Gasteiger partial charge in [0.05, 0.1) is 11.3 Å². The number of benzene rings is 1. The van der Waals surface area contributed by atoms with Crippen molar-refractivity contribution in [3.8, 4) is 11.3 Å². The summed E-state index contributed by atoms with van der Waals surface area (Å²) >= 11 is 0. The van der Waals surface area contributed by atoms with E-state index >= 15 is 0 Å². The third-order valence-corrected chi connectivity index (χ3v) is 3.71. The second-order valence-corrected chi connectivity index (χ2v) is 5.78. The zero-order chi connectivity index (χ0) is 14.5. The van der Waals surface area contributed by atoms with Gasteiger partial charge in [-0.3, -0.25) is 4.79 Å². The van der Waals surface area contributed by atoms with Crippen molar-refractivity contribution in [2.75, 3.05) is 0 Å². The molecule has 0 radical (unpaired) electrons. The van der Waals surface area contributed by atoms with Crippen LogP contribution in [0.15, 0.2) is 28.8 Å². The number of aliphatic hydroxyl groups is 1. The van der Waals surface area contributed by atoms with Crippen LogP contribution in [0.25, 0.3) is 11.3 Å². The van der Waals surface area contributed by atoms with Crippen molar-refractivity contribution in [1.82, 2.24) is 5.16 Å². The Morgan fingerprint density at radius 2 is 2.20 bits per heavy atom. The van der Waals surface area contributed by atoms with Gasteiger partial charge >= 0.3 is 0 Å². The van der Waals surface area contributed by atoms with E-state index in [2.05, 4.69) is 5.16 Å². The van der Waals surface area contributed by atoms with Crippen LogP contribution in [-0.2, 0) is 6.42 Å². The highest BCUT2D eigenvalue weighted by atomic mass is 19.1. The van der Waals surface area contributed by atoms with E-state index in [-0.39, 0.29) is 11.3 Å². The molecule has 1 heterocycles. The lowest BCUT2D eigenvalue weighted by Crippen LogP contribution is -2.42. The van der Waals surface area contributed by atoms with Gasteiger partial charge in [0.1, 0.15) is 11.9 Å². The van der Waals surface area contributed by atoms with Gasteiger partial charge in [0.15, 0.2) is 11.5 Å². The summed E-state index contributed by atoms with van der Waals surface area (Å²) in [6.45, 7) is 3.60. The zero-order valence-corrected chi connectivity index (χ0v) is 11.2. The van der Waals surface area contributed by atoms with Crippen LogP contribution in [-0.4, -0.2) is 22.2 Å². The van der Waals surface area contributed by atoms with E-state index < -0.39 is 23.1 Å². The first-order valence-corrected chi connectivity index (χ1v) is 6.37. The number of halogens is 1. The predicted octanol–water partition coefficient (Wildman–Crippen LogP) is 2.61. The minimum atomic E-state index is -1.11. The lowest BCUT2D eigenvalue weighted by molar-refractivity contribution is 0.0335. The standard InChI is InChI=1S/C15H14FNO3/c1-15(2)7-10-11(12(18)14(15)19)13(20-17-10)8-4-3-5-9(16)6-8/h3-6,14,19H,7H2,1-2H3. The molecule has 0 spiro atoms. The van der Waals surface area contributed by atoms with Gasteiger partial charge in [-0.25, -0.2) is 4.39 Å². The van der Waals surface area contributed by atoms with Crippen LogP contribution in [0.5, 0.6) is 0 Å². The molecule has 5 heteroatoms. The molecule has 1 aliphatic carbocycles. The van der Waals surface area contributed by atoms with Crippen molar-refractivity contribution in [3.63, 3.8) is 0 Å². The van der Waals surface area contributed by atoms with Gasteiger partial charge in [-0.05, 0) is 12.1 Å². The number of hydrogen-bond donors (Lipinski definition) is 1. The molecule has 1 atom stereocenters. The number of nitrogens with zero attached hydrogens (tertiary/aromatic N) is 1. The van der Waals surface area contributed by atoms with Gasteiger partial charge in [0.2, 0.25) is 0 Å². The third-order valence-electron chi connectivity index (χ3n) is 3.71. The van der Waals surface area contributed by atoms with E-state index in [1.165, 1.54) is 18.2 Å². The van der Waals surface area contributed by atoms with E-state index in [4.69, 9.17) is 4.52 Å². The van der Waals surface area contributed by atoms with Gasteiger partial charge in [0.25, 0.3) is 0 Å². The summed E-state index contributed by atoms with van der Waals surface area (Å²) in [4.78, 5) is 12.3. The van der Waals surface area contributed by atoms with Crippen LogP contribution in [0.3, 0.4) is 0 Å². The summed E-state index contributed by atoms with van der Waals surface area (Å²) in [6, 6.07) is 5.77. The molecule has 0 amide bonds. The average molecular weight is 275 g/mol. The second-order valence-electron chi connectivity index (χ2n) is 5.78. The Bertz CT molecular complexity index is 690. The number of aliphatic hydroxyl groups excluding tert-OH is 1. The molecule has 1 aromatic carbocycles. The predicted molar refractivity (Wildman–Crippen MR) is 69.7 cm³/mol. The Morgan fingerprint density at radius 3 is 2.90 bits per heavy atom. The molecule has 2 aromatic rings. The van der Waals surface area contributed by atoms with Gasteiger partial charge in [-0.1, -0.05) is 31.1 Å². The molecular formula is C15H14FNO3. The van der Waals surface area contributed by atoms with Crippen molar-refractivity contribution in [1.29, 1.82) is 0 Å². The first-order valence-electron chi connectivity index (χ1n) is 6.37. The van der Waals surface area contributed by atoms with Crippen LogP contribution in [0, 0.1) is 11.2 Å². The maximum Gasteiger partial charge on any atom is 0.197 e. The molecule has 0 saturated heterocycles. The van der Waals surface area contributed by atoms with Crippen LogP contribution >= 0.6 is 0 Å². The van der Waals surface area contributed by atoms with Crippen LogP contribution < -0.4 is 0 Å². The molecule has 3 rings (SSSR count). The molecule has 1 aliphatic rings. The average Bonchev–Trinajstić information content (AvgIpc) is 2.79. The fraction of sp³-hybridized carbons (Fsp3) is 0.333. The molecule has 20 heavy (non-hydrogen) atoms. The van der Waals surface area contributed by atoms with Gasteiger partial charge in [0, 0.05) is 17.4 Å². The topological polar surface area (TPSA) is 63.3 Å². The minimum Gasteiger partial charge on any atom is -0.384 e. The Balaban J connectivity index is 2.15. The van der Waals surface area contributed by atoms with Gasteiger partial charge in [-0.2, -0.15) is 0 Å². The van der Waals surface area contributed by atoms with Crippen molar-refractivity contribution in [3.05, 3.63) is 41.3 Å². The maximum absolute atomic E-state index is 13.3. The van der Waals surface area contributed by atoms with E-state index in [0.29, 0.717) is 17.7 Å². The zero-order valence-electron chi connectivity index (χ0n) is 11.2. The molecule has 0 bridgehead atoms. The summed E-state index contributed by atoms with van der Waals surface area (Å²) in [6.07, 6.45) is -0.671. The molecule has 0 fully saturated rings. The van der Waals surface area contributed by atoms with Crippen LogP contribution in [0.1, 0.15) is 29.9 Å². The Hall–Kier alpha value is -2.01. The summed E-state index contributed by atoms with van der Waals surface area (Å²) in [5.74, 6) is -0.618. The normalized spacial score (nSPS) is 20.8. The number of Topliss-reactive ketones (excluding diaryl/α,β-unsaturated/α-hetero) is 1. The minimum absolute atomic E-state index is 0.221. The Labute approximate surface area is 115 Å². The lowest BCUT2D eigenvalue weighted by Gasteiger charge is -2.32. The molecule has 4 nitrogen and oxygen atoms in total. The summed E-state index contributed by atoms with van der Waals surface area (Å²) in [5, 5.41) is 14.0. The fourth-order valence-electron chi connectivity index (χ4n) is 2.54. The molecule has 1 N–H and O–H groups in total. The quantitative estimate of drug-likeness (QED) is 0.869. The van der Waals surface area contributed by atoms with Crippen LogP contribution in [0.4, 0.5) is 4.39 Å². The number of ketones is 1. The number of aromatic nitrogens is 1. The number of fused-ring (bicyclic) bond motifs is 1. The fourth-order valence-corrected chi connectivity index (χ4v) is 2.54. The van der Waals surface area contributed by atoms with Crippen LogP contribution in [0.2, 0.25) is 0 Å². The smallest absolute Gasteiger partial charge is 0.197 e. The lowest BCUT2D eigenvalue weighted by atomic mass is 9.73. The summed E-state index contributed by atoms with van der Waals surface area (Å²) < 4.78 is 18.5. The molecule has 0 saturated carbocycles. The largest absolute Gasteiger partial charge is 0.384 e. The molecule has 1 aromatic heterocycles. The van der Waals surface area contributed by atoms with Crippen molar-refractivity contribution in [2.24, 2.45) is 5.41 Å². The number of rotatable bonds is 1. The Kier molecular flexibility index (Phi) is 2.76. The third kappa shape index (κ3) is 1.86. The summed E-state index contributed by atoms with van der Waals surface area (Å²) in [7, 11) is 0. The van der Waals surface area contributed by atoms with E-state index in [0.717, 1.165) is 0 Å². The van der Waals surface area contributed by atoms with Crippen molar-refractivity contribution < 1.29 is 18.8 Å². The number of carbonyl (C=O) groups excluding carboxylic acids is 1. The number of carbonyl (C=O) groups is 1. The molecule has 1 unspecified atom stereocenters. The van der Waals surface area contributed by atoms with E-state index in [1.807, 2.05) is 0 Å². The van der Waals surface area contributed by atoms with Crippen molar-refractivity contribution in [2.45, 2.75) is 26.4 Å². The second kappa shape index (κ2) is 4.24. The Morgan fingerprint density at radius 1 is 1.45 bits per heavy atom. The first-order chi connectivity index (χ1) is 9.40. The SMILES string of the molecule is CC1(C)Cc2noc(-c3cccc(F)c3)c2C(=O)C1O.